The molecular weight excluding hydrogens is 246 g/mol. The van der Waals surface area contributed by atoms with Gasteiger partial charge >= 0.3 is 0 Å². The SMILES string of the molecule is COc1ccc(C)cc1C(C)(N)c1ccc(C)c(C)c1. The number of aryl methyl sites for hydroxylation is 3. The molecule has 0 aromatic heterocycles. The van der Waals surface area contributed by atoms with Crippen molar-refractivity contribution in [3.05, 3.63) is 64.2 Å². The molecule has 0 aliphatic heterocycles. The number of benzene rings is 2. The summed E-state index contributed by atoms with van der Waals surface area (Å²) in [7, 11) is 1.69. The molecule has 2 rings (SSSR count). The van der Waals surface area contributed by atoms with E-state index in [9.17, 15) is 0 Å². The molecule has 0 aliphatic rings. The van der Waals surface area contributed by atoms with Gasteiger partial charge in [0.25, 0.3) is 0 Å². The summed E-state index contributed by atoms with van der Waals surface area (Å²) in [6, 6.07) is 12.5. The Kier molecular flexibility index (Phi) is 3.87. The summed E-state index contributed by atoms with van der Waals surface area (Å²) in [6.45, 7) is 8.33. The summed E-state index contributed by atoms with van der Waals surface area (Å²) in [6.07, 6.45) is 0. The molecule has 20 heavy (non-hydrogen) atoms. The lowest BCUT2D eigenvalue weighted by molar-refractivity contribution is 0.398. The first-order valence-electron chi connectivity index (χ1n) is 6.88. The van der Waals surface area contributed by atoms with Crippen LogP contribution in [0.3, 0.4) is 0 Å². The average molecular weight is 269 g/mol. The van der Waals surface area contributed by atoms with Crippen LogP contribution < -0.4 is 10.5 Å². The van der Waals surface area contributed by atoms with Crippen LogP contribution >= 0.6 is 0 Å². The molecule has 1 unspecified atom stereocenters. The van der Waals surface area contributed by atoms with E-state index in [1.54, 1.807) is 7.11 Å². The van der Waals surface area contributed by atoms with Crippen LogP contribution in [-0.4, -0.2) is 7.11 Å². The molecule has 0 fully saturated rings. The fourth-order valence-corrected chi connectivity index (χ4v) is 2.45. The highest BCUT2D eigenvalue weighted by atomic mass is 16.5. The van der Waals surface area contributed by atoms with Crippen molar-refractivity contribution in [2.45, 2.75) is 33.2 Å². The molecule has 0 bridgehead atoms. The number of rotatable bonds is 3. The lowest BCUT2D eigenvalue weighted by Gasteiger charge is -2.28. The first-order chi connectivity index (χ1) is 9.36. The fourth-order valence-electron chi connectivity index (χ4n) is 2.45. The van der Waals surface area contributed by atoms with Gasteiger partial charge in [0.2, 0.25) is 0 Å². The zero-order valence-corrected chi connectivity index (χ0v) is 12.9. The minimum atomic E-state index is -0.574. The van der Waals surface area contributed by atoms with Gasteiger partial charge in [-0.2, -0.15) is 0 Å². The number of hydrogen-bond acceptors (Lipinski definition) is 2. The van der Waals surface area contributed by atoms with Crippen LogP contribution in [0.25, 0.3) is 0 Å². The largest absolute Gasteiger partial charge is 0.496 e. The molecule has 2 heteroatoms. The molecule has 2 N–H and O–H groups in total. The van der Waals surface area contributed by atoms with Crippen molar-refractivity contribution in [3.63, 3.8) is 0 Å². The van der Waals surface area contributed by atoms with Crippen molar-refractivity contribution < 1.29 is 4.74 Å². The summed E-state index contributed by atoms with van der Waals surface area (Å²) in [4.78, 5) is 0. The normalized spacial score (nSPS) is 13.9. The van der Waals surface area contributed by atoms with E-state index >= 15 is 0 Å². The maximum absolute atomic E-state index is 6.64. The lowest BCUT2D eigenvalue weighted by Crippen LogP contribution is -2.35. The predicted octanol–water partition coefficient (Wildman–Crippen LogP) is 3.84. The fraction of sp³-hybridized carbons (Fsp3) is 0.333. The maximum Gasteiger partial charge on any atom is 0.124 e. The Hall–Kier alpha value is -1.80. The number of hydrogen-bond donors (Lipinski definition) is 1. The molecule has 2 aromatic rings. The number of ether oxygens (including phenoxy) is 1. The first kappa shape index (κ1) is 14.6. The van der Waals surface area contributed by atoms with Gasteiger partial charge < -0.3 is 10.5 Å². The molecule has 0 radical (unpaired) electrons. The van der Waals surface area contributed by atoms with E-state index < -0.39 is 5.54 Å². The summed E-state index contributed by atoms with van der Waals surface area (Å²) < 4.78 is 5.48. The van der Waals surface area contributed by atoms with Gasteiger partial charge in [-0.15, -0.1) is 0 Å². The second-order valence-corrected chi connectivity index (χ2v) is 5.71. The zero-order valence-electron chi connectivity index (χ0n) is 12.9. The summed E-state index contributed by atoms with van der Waals surface area (Å²) in [5.41, 5.74) is 11.9. The van der Waals surface area contributed by atoms with E-state index in [4.69, 9.17) is 10.5 Å². The van der Waals surface area contributed by atoms with Crippen molar-refractivity contribution in [2.75, 3.05) is 7.11 Å². The third kappa shape index (κ3) is 2.56. The van der Waals surface area contributed by atoms with E-state index in [1.807, 2.05) is 19.1 Å². The van der Waals surface area contributed by atoms with Crippen LogP contribution in [0.4, 0.5) is 0 Å². The number of methoxy groups -OCH3 is 1. The predicted molar refractivity (Wildman–Crippen MR) is 84.3 cm³/mol. The van der Waals surface area contributed by atoms with Crippen LogP contribution in [0.15, 0.2) is 36.4 Å². The monoisotopic (exact) mass is 269 g/mol. The van der Waals surface area contributed by atoms with Crippen molar-refractivity contribution in [1.82, 2.24) is 0 Å². The molecule has 0 saturated heterocycles. The Labute approximate surface area is 121 Å². The standard InChI is InChI=1S/C18H23NO/c1-12-6-9-17(20-5)16(10-12)18(4,19)15-8-7-13(2)14(3)11-15/h6-11H,19H2,1-5H3. The third-order valence-electron chi connectivity index (χ3n) is 4.02. The summed E-state index contributed by atoms with van der Waals surface area (Å²) >= 11 is 0. The van der Waals surface area contributed by atoms with Gasteiger partial charge in [-0.25, -0.2) is 0 Å². The van der Waals surface area contributed by atoms with Gasteiger partial charge in [0.1, 0.15) is 5.75 Å². The molecule has 106 valence electrons. The van der Waals surface area contributed by atoms with Crippen LogP contribution in [0.5, 0.6) is 5.75 Å². The van der Waals surface area contributed by atoms with Gasteiger partial charge in [0.05, 0.1) is 12.6 Å². The van der Waals surface area contributed by atoms with E-state index in [0.29, 0.717) is 0 Å². The van der Waals surface area contributed by atoms with Crippen molar-refractivity contribution in [2.24, 2.45) is 5.73 Å². The van der Waals surface area contributed by atoms with Crippen molar-refractivity contribution >= 4 is 0 Å². The van der Waals surface area contributed by atoms with Crippen LogP contribution in [0.2, 0.25) is 0 Å². The Morgan fingerprint density at radius 1 is 0.950 bits per heavy atom. The molecule has 2 nitrogen and oxygen atoms in total. The molecule has 1 atom stereocenters. The van der Waals surface area contributed by atoms with E-state index in [0.717, 1.165) is 16.9 Å². The third-order valence-corrected chi connectivity index (χ3v) is 4.02. The number of nitrogens with two attached hydrogens (primary N) is 1. The van der Waals surface area contributed by atoms with E-state index in [2.05, 4.69) is 45.0 Å². The van der Waals surface area contributed by atoms with Gasteiger partial charge in [-0.1, -0.05) is 35.9 Å². The van der Waals surface area contributed by atoms with Gasteiger partial charge in [0.15, 0.2) is 0 Å². The van der Waals surface area contributed by atoms with Crippen LogP contribution in [0, 0.1) is 20.8 Å². The first-order valence-corrected chi connectivity index (χ1v) is 6.88. The lowest BCUT2D eigenvalue weighted by atomic mass is 9.83. The van der Waals surface area contributed by atoms with Crippen LogP contribution in [-0.2, 0) is 5.54 Å². The smallest absolute Gasteiger partial charge is 0.124 e. The summed E-state index contributed by atoms with van der Waals surface area (Å²) in [5, 5.41) is 0. The Bertz CT molecular complexity index is 629. The van der Waals surface area contributed by atoms with E-state index in [1.165, 1.54) is 16.7 Å². The molecule has 0 spiro atoms. The quantitative estimate of drug-likeness (QED) is 0.918. The van der Waals surface area contributed by atoms with E-state index in [-0.39, 0.29) is 0 Å². The highest BCUT2D eigenvalue weighted by molar-refractivity contribution is 5.48. The minimum Gasteiger partial charge on any atom is -0.496 e. The second kappa shape index (κ2) is 5.29. The van der Waals surface area contributed by atoms with Gasteiger partial charge in [0, 0.05) is 5.56 Å². The topological polar surface area (TPSA) is 35.2 Å². The Morgan fingerprint density at radius 3 is 2.25 bits per heavy atom. The Balaban J connectivity index is 2.59. The Morgan fingerprint density at radius 2 is 1.65 bits per heavy atom. The molecule has 0 amide bonds. The van der Waals surface area contributed by atoms with Gasteiger partial charge in [-0.3, -0.25) is 0 Å². The zero-order chi connectivity index (χ0) is 14.9. The highest BCUT2D eigenvalue weighted by Crippen LogP contribution is 2.34. The highest BCUT2D eigenvalue weighted by Gasteiger charge is 2.27. The van der Waals surface area contributed by atoms with Crippen LogP contribution in [0.1, 0.15) is 34.7 Å². The molecule has 0 heterocycles. The van der Waals surface area contributed by atoms with Crippen molar-refractivity contribution in [1.29, 1.82) is 0 Å². The molecule has 0 saturated carbocycles. The molecular formula is C18H23NO. The second-order valence-electron chi connectivity index (χ2n) is 5.71. The molecule has 0 aliphatic carbocycles. The van der Waals surface area contributed by atoms with Crippen molar-refractivity contribution in [3.8, 4) is 5.75 Å². The minimum absolute atomic E-state index is 0.574. The molecule has 2 aromatic carbocycles. The van der Waals surface area contributed by atoms with Gasteiger partial charge in [-0.05, 0) is 50.5 Å². The average Bonchev–Trinajstić information content (AvgIpc) is 2.41. The maximum atomic E-state index is 6.64. The summed E-state index contributed by atoms with van der Waals surface area (Å²) in [5.74, 6) is 0.832.